The first-order chi connectivity index (χ1) is 44.7. The summed E-state index contributed by atoms with van der Waals surface area (Å²) in [5, 5.41) is 9.27. The van der Waals surface area contributed by atoms with E-state index in [1.807, 2.05) is 0 Å². The van der Waals surface area contributed by atoms with Gasteiger partial charge < -0.3 is 8.83 Å². The van der Waals surface area contributed by atoms with Gasteiger partial charge in [-0.1, -0.05) is 267 Å². The third kappa shape index (κ3) is 5.94. The van der Waals surface area contributed by atoms with Crippen LogP contribution in [0.25, 0.3) is 154 Å². The van der Waals surface area contributed by atoms with Crippen molar-refractivity contribution in [3.05, 3.63) is 348 Å². The van der Waals surface area contributed by atoms with Crippen LogP contribution in [0.4, 0.5) is 0 Å². The molecule has 0 saturated carbocycles. The molecule has 0 radical (unpaired) electrons. The van der Waals surface area contributed by atoms with E-state index in [1.165, 1.54) is 133 Å². The Morgan fingerprint density at radius 3 is 0.856 bits per heavy atom. The average molecular weight is 1140 g/mol. The fourth-order valence-electron chi connectivity index (χ4n) is 17.7. The average Bonchev–Trinajstić information content (AvgIpc) is 1.48. The maximum absolute atomic E-state index is 7.45. The van der Waals surface area contributed by atoms with Gasteiger partial charge in [0.1, 0.15) is 22.3 Å². The Balaban J connectivity index is 0.940. The zero-order chi connectivity index (χ0) is 58.6. The topological polar surface area (TPSA) is 26.3 Å². The molecular weight excluding hydrogens is 1090 g/mol. The van der Waals surface area contributed by atoms with E-state index in [2.05, 4.69) is 303 Å². The molecule has 4 aliphatic rings. The molecule has 0 bridgehead atoms. The first-order valence-corrected chi connectivity index (χ1v) is 31.4. The lowest BCUT2D eigenvalue weighted by Gasteiger charge is -2.32. The van der Waals surface area contributed by atoms with E-state index in [9.17, 15) is 0 Å². The van der Waals surface area contributed by atoms with Gasteiger partial charge in [0.2, 0.25) is 0 Å². The van der Waals surface area contributed by atoms with Gasteiger partial charge in [0, 0.05) is 32.7 Å². The molecule has 0 aliphatic heterocycles. The van der Waals surface area contributed by atoms with Crippen molar-refractivity contribution in [3.8, 4) is 89.0 Å². The number of hydrogen-bond acceptors (Lipinski definition) is 2. The van der Waals surface area contributed by atoms with Crippen LogP contribution in [0.15, 0.2) is 312 Å². The third-order valence-electron chi connectivity index (χ3n) is 21.1. The van der Waals surface area contributed by atoms with Crippen LogP contribution < -0.4 is 0 Å². The van der Waals surface area contributed by atoms with Crippen molar-refractivity contribution in [1.29, 1.82) is 0 Å². The molecule has 17 aromatic rings. The number of benzene rings is 15. The highest BCUT2D eigenvalue weighted by atomic mass is 16.3. The molecule has 90 heavy (non-hydrogen) atoms. The van der Waals surface area contributed by atoms with Gasteiger partial charge in [-0.3, -0.25) is 0 Å². The molecule has 4 aliphatic carbocycles. The SMILES string of the molecule is c1ccc(-c2ccc(-c3cc4c(c5c3oc3ccccc35)-c3cc5c(cc3C43c4ccccc4-c4ccccc43)-c3c(cc(-c4ccc(-c6ccccc6)c6ccccc46)c4oc6ccccc6c34)C53c4ccccc4-c4ccccc43)c3ccccc23)cc1. The quantitative estimate of drug-likeness (QED) is 0.176. The fourth-order valence-corrected chi connectivity index (χ4v) is 17.7. The monoisotopic (exact) mass is 1140 g/mol. The van der Waals surface area contributed by atoms with E-state index in [-0.39, 0.29) is 0 Å². The van der Waals surface area contributed by atoms with Gasteiger partial charge >= 0.3 is 0 Å². The number of hydrogen-bond donors (Lipinski definition) is 0. The minimum Gasteiger partial charge on any atom is -0.455 e. The van der Waals surface area contributed by atoms with Crippen LogP contribution in [-0.4, -0.2) is 0 Å². The molecule has 0 atom stereocenters. The van der Waals surface area contributed by atoms with Gasteiger partial charge in [0.05, 0.1) is 10.8 Å². The predicted molar refractivity (Wildman–Crippen MR) is 370 cm³/mol. The summed E-state index contributed by atoms with van der Waals surface area (Å²) in [6.07, 6.45) is 0. The van der Waals surface area contributed by atoms with Gasteiger partial charge in [-0.2, -0.15) is 0 Å². The van der Waals surface area contributed by atoms with Crippen molar-refractivity contribution in [2.24, 2.45) is 0 Å². The largest absolute Gasteiger partial charge is 0.455 e. The summed E-state index contributed by atoms with van der Waals surface area (Å²) in [6.45, 7) is 0. The number of furan rings is 2. The van der Waals surface area contributed by atoms with Crippen LogP contribution in [0, 0.1) is 0 Å². The van der Waals surface area contributed by atoms with Crippen molar-refractivity contribution in [2.45, 2.75) is 10.8 Å². The Hall–Kier alpha value is -11.6. The smallest absolute Gasteiger partial charge is 0.143 e. The zero-order valence-corrected chi connectivity index (χ0v) is 48.7. The van der Waals surface area contributed by atoms with E-state index in [4.69, 9.17) is 8.83 Å². The van der Waals surface area contributed by atoms with Gasteiger partial charge in [-0.05, 0) is 180 Å². The molecule has 21 rings (SSSR count). The minimum atomic E-state index is -0.744. The van der Waals surface area contributed by atoms with Crippen LogP contribution in [-0.2, 0) is 10.8 Å². The molecule has 0 fully saturated rings. The third-order valence-corrected chi connectivity index (χ3v) is 21.1. The Kier molecular flexibility index (Phi) is 9.47. The van der Waals surface area contributed by atoms with Gasteiger partial charge in [-0.15, -0.1) is 0 Å². The Labute approximate surface area is 518 Å². The lowest BCUT2D eigenvalue weighted by Crippen LogP contribution is -2.27. The van der Waals surface area contributed by atoms with Crippen molar-refractivity contribution in [3.63, 3.8) is 0 Å². The molecular formula is C88H50O2. The van der Waals surface area contributed by atoms with E-state index >= 15 is 0 Å². The van der Waals surface area contributed by atoms with E-state index in [0.29, 0.717) is 0 Å². The molecule has 2 aromatic heterocycles. The molecule has 0 N–H and O–H groups in total. The van der Waals surface area contributed by atoms with E-state index in [0.717, 1.165) is 66.1 Å². The van der Waals surface area contributed by atoms with Crippen molar-refractivity contribution in [1.82, 2.24) is 0 Å². The summed E-state index contributed by atoms with van der Waals surface area (Å²) in [5.74, 6) is 0. The first-order valence-electron chi connectivity index (χ1n) is 31.4. The van der Waals surface area contributed by atoms with Crippen molar-refractivity contribution >= 4 is 65.4 Å². The van der Waals surface area contributed by atoms with E-state index < -0.39 is 10.8 Å². The highest BCUT2D eigenvalue weighted by Crippen LogP contribution is 2.71. The normalized spacial score (nSPS) is 14.0. The summed E-state index contributed by atoms with van der Waals surface area (Å²) in [7, 11) is 0. The zero-order valence-electron chi connectivity index (χ0n) is 48.7. The maximum Gasteiger partial charge on any atom is 0.143 e. The van der Waals surface area contributed by atoms with Crippen LogP contribution in [0.2, 0.25) is 0 Å². The molecule has 0 amide bonds. The van der Waals surface area contributed by atoms with Gasteiger partial charge in [-0.25, -0.2) is 0 Å². The molecule has 2 heteroatoms. The molecule has 2 spiro atoms. The highest BCUT2D eigenvalue weighted by molar-refractivity contribution is 6.25. The molecule has 0 unspecified atom stereocenters. The van der Waals surface area contributed by atoms with Crippen LogP contribution in [0.1, 0.15) is 44.5 Å². The van der Waals surface area contributed by atoms with Crippen LogP contribution in [0.3, 0.4) is 0 Å². The summed E-state index contributed by atoms with van der Waals surface area (Å²) >= 11 is 0. The second kappa shape index (κ2) is 17.6. The first kappa shape index (κ1) is 48.5. The van der Waals surface area contributed by atoms with Crippen molar-refractivity contribution in [2.75, 3.05) is 0 Å². The lowest BCUT2D eigenvalue weighted by atomic mass is 9.68. The van der Waals surface area contributed by atoms with Gasteiger partial charge in [0.25, 0.3) is 0 Å². The second-order valence-electron chi connectivity index (χ2n) is 25.1. The summed E-state index contributed by atoms with van der Waals surface area (Å²) < 4.78 is 14.9. The summed E-state index contributed by atoms with van der Waals surface area (Å²) in [6, 6.07) is 114. The molecule has 15 aromatic carbocycles. The number of para-hydroxylation sites is 2. The van der Waals surface area contributed by atoms with Gasteiger partial charge in [0.15, 0.2) is 0 Å². The summed E-state index contributed by atoms with van der Waals surface area (Å²) in [5.41, 5.74) is 31.5. The summed E-state index contributed by atoms with van der Waals surface area (Å²) in [4.78, 5) is 0. The number of fused-ring (bicyclic) bond motifs is 30. The lowest BCUT2D eigenvalue weighted by molar-refractivity contribution is 0.669. The Bertz CT molecular complexity index is 5570. The predicted octanol–water partition coefficient (Wildman–Crippen LogP) is 23.1. The highest BCUT2D eigenvalue weighted by Gasteiger charge is 2.57. The maximum atomic E-state index is 7.45. The molecule has 0 saturated heterocycles. The van der Waals surface area contributed by atoms with Crippen LogP contribution in [0.5, 0.6) is 0 Å². The van der Waals surface area contributed by atoms with Crippen molar-refractivity contribution < 1.29 is 8.83 Å². The second-order valence-corrected chi connectivity index (χ2v) is 25.1. The minimum absolute atomic E-state index is 0.744. The number of rotatable bonds is 4. The molecule has 2 heterocycles. The Morgan fingerprint density at radius 2 is 0.478 bits per heavy atom. The standard InChI is InChI=1S/C88H50O2/c1-3-23-51(24-4-1)53-43-45-59(57-29-9-7-27-55(53)57)67-47-77-81(83-65-35-15-21-41-79(65)89-85(67)83)69-49-76-70(50-75(69)87(77)71-37-17-11-31-61(71)62-32-12-18-38-72(62)87)82-78(88(76)73-39-19-13-33-63(73)64-34-14-20-40-74(64)88)48-68(86-84(82)66-36-16-22-42-80(66)90-86)60-46-44-54(52-25-5-2-6-26-52)56-28-8-10-30-58(56)60/h1-50H. The van der Waals surface area contributed by atoms with Crippen LogP contribution >= 0.6 is 0 Å². The molecule has 414 valence electrons. The van der Waals surface area contributed by atoms with E-state index in [1.54, 1.807) is 0 Å². The fraction of sp³-hybridized carbons (Fsp3) is 0.0227. The molecule has 2 nitrogen and oxygen atoms in total. The Morgan fingerprint density at radius 1 is 0.189 bits per heavy atom.